The van der Waals surface area contributed by atoms with E-state index < -0.39 is 0 Å². The van der Waals surface area contributed by atoms with Crippen molar-refractivity contribution in [1.82, 2.24) is 20.7 Å². The average molecular weight is 465 g/mol. The molecule has 2 rings (SSSR count). The van der Waals surface area contributed by atoms with Gasteiger partial charge in [0.15, 0.2) is 11.7 Å². The summed E-state index contributed by atoms with van der Waals surface area (Å²) in [6.45, 7) is 14.3. The van der Waals surface area contributed by atoms with Crippen molar-refractivity contribution >= 4 is 29.9 Å². The molecule has 0 radical (unpaired) electrons. The molecule has 2 heterocycles. The number of hydrogen-bond acceptors (Lipinski definition) is 5. The smallest absolute Gasteiger partial charge is 0.191 e. The third-order valence-corrected chi connectivity index (χ3v) is 4.14. The Morgan fingerprint density at radius 2 is 2.00 bits per heavy atom. The number of nitrogens with zero attached hydrogens (tertiary/aromatic N) is 3. The molecule has 2 N–H and O–H groups in total. The summed E-state index contributed by atoms with van der Waals surface area (Å²) in [6, 6.07) is 2.42. The number of hydrogen-bond donors (Lipinski definition) is 2. The standard InChI is InChI=1S/C17H31N5O2.HI/c1-5-18-17(19-11-14(4)22-6-8-23-9-7-22)20-12-15-10-16(13(2)3)21-24-15;/h10,13-14H,5-9,11-12H2,1-4H3,(H2,18,19,20);1H. The highest BCUT2D eigenvalue weighted by Gasteiger charge is 2.17. The molecule has 1 aromatic rings. The van der Waals surface area contributed by atoms with E-state index in [1.807, 2.05) is 6.07 Å². The lowest BCUT2D eigenvalue weighted by molar-refractivity contribution is 0.0211. The molecule has 0 spiro atoms. The molecule has 8 heteroatoms. The molecule has 0 amide bonds. The zero-order valence-corrected chi connectivity index (χ0v) is 18.1. The summed E-state index contributed by atoms with van der Waals surface area (Å²) in [4.78, 5) is 7.03. The minimum atomic E-state index is 0. The van der Waals surface area contributed by atoms with E-state index in [0.29, 0.717) is 18.5 Å². The lowest BCUT2D eigenvalue weighted by Gasteiger charge is -2.32. The maximum atomic E-state index is 5.41. The summed E-state index contributed by atoms with van der Waals surface area (Å²) >= 11 is 0. The van der Waals surface area contributed by atoms with Gasteiger partial charge in [-0.3, -0.25) is 4.90 Å². The number of halogens is 1. The Kier molecular flexibility index (Phi) is 10.4. The van der Waals surface area contributed by atoms with Crippen LogP contribution < -0.4 is 10.6 Å². The van der Waals surface area contributed by atoms with Gasteiger partial charge < -0.3 is 19.9 Å². The Labute approximate surface area is 168 Å². The van der Waals surface area contributed by atoms with Gasteiger partial charge in [-0.2, -0.15) is 0 Å². The molecule has 0 aromatic carbocycles. The lowest BCUT2D eigenvalue weighted by Crippen LogP contribution is -2.49. The van der Waals surface area contributed by atoms with E-state index in [4.69, 9.17) is 9.26 Å². The Balaban J connectivity index is 0.00000312. The van der Waals surface area contributed by atoms with E-state index in [2.05, 4.69) is 53.4 Å². The summed E-state index contributed by atoms with van der Waals surface area (Å²) in [5.74, 6) is 1.96. The second kappa shape index (κ2) is 11.7. The number of rotatable bonds is 7. The fraction of sp³-hybridized carbons (Fsp3) is 0.765. The number of ether oxygens (including phenoxy) is 1. The molecular weight excluding hydrogens is 433 g/mol. The zero-order valence-electron chi connectivity index (χ0n) is 15.7. The quantitative estimate of drug-likeness (QED) is 0.366. The van der Waals surface area contributed by atoms with Crippen molar-refractivity contribution in [2.24, 2.45) is 4.99 Å². The van der Waals surface area contributed by atoms with Crippen molar-refractivity contribution in [3.63, 3.8) is 0 Å². The van der Waals surface area contributed by atoms with E-state index >= 15 is 0 Å². The SMILES string of the molecule is CCNC(=NCc1cc(C(C)C)no1)NCC(C)N1CCOCC1.I. The monoisotopic (exact) mass is 465 g/mol. The zero-order chi connectivity index (χ0) is 17.4. The highest BCUT2D eigenvalue weighted by molar-refractivity contribution is 14.0. The molecule has 0 bridgehead atoms. The Morgan fingerprint density at radius 1 is 1.28 bits per heavy atom. The summed E-state index contributed by atoms with van der Waals surface area (Å²) < 4.78 is 10.7. The first-order chi connectivity index (χ1) is 11.6. The molecule has 1 saturated heterocycles. The predicted molar refractivity (Wildman–Crippen MR) is 111 cm³/mol. The van der Waals surface area contributed by atoms with Crippen LogP contribution in [0.4, 0.5) is 0 Å². The maximum absolute atomic E-state index is 5.41. The fourth-order valence-electron chi connectivity index (χ4n) is 2.57. The van der Waals surface area contributed by atoms with Gasteiger partial charge in [0.25, 0.3) is 0 Å². The van der Waals surface area contributed by atoms with Crippen LogP contribution in [0.15, 0.2) is 15.6 Å². The molecule has 25 heavy (non-hydrogen) atoms. The first-order valence-corrected chi connectivity index (χ1v) is 8.89. The van der Waals surface area contributed by atoms with Crippen molar-refractivity contribution in [1.29, 1.82) is 0 Å². The van der Waals surface area contributed by atoms with Gasteiger partial charge in [-0.15, -0.1) is 24.0 Å². The lowest BCUT2D eigenvalue weighted by atomic mass is 10.1. The van der Waals surface area contributed by atoms with E-state index in [1.165, 1.54) is 0 Å². The Morgan fingerprint density at radius 3 is 2.60 bits per heavy atom. The van der Waals surface area contributed by atoms with Gasteiger partial charge in [0, 0.05) is 38.3 Å². The number of nitrogens with one attached hydrogen (secondary N) is 2. The van der Waals surface area contributed by atoms with E-state index in [1.54, 1.807) is 0 Å². The van der Waals surface area contributed by atoms with Crippen molar-refractivity contribution in [3.8, 4) is 0 Å². The normalized spacial score (nSPS) is 17.2. The molecule has 1 unspecified atom stereocenters. The number of aliphatic imine (C=N–C) groups is 1. The summed E-state index contributed by atoms with van der Waals surface area (Å²) in [5.41, 5.74) is 0.971. The average Bonchev–Trinajstić information content (AvgIpc) is 3.07. The summed E-state index contributed by atoms with van der Waals surface area (Å²) in [6.07, 6.45) is 0. The summed E-state index contributed by atoms with van der Waals surface area (Å²) in [7, 11) is 0. The molecule has 1 aliphatic heterocycles. The van der Waals surface area contributed by atoms with E-state index in [9.17, 15) is 0 Å². The third kappa shape index (κ3) is 7.49. The van der Waals surface area contributed by atoms with Crippen LogP contribution in [0.1, 0.15) is 45.1 Å². The minimum Gasteiger partial charge on any atom is -0.379 e. The van der Waals surface area contributed by atoms with Crippen LogP contribution in [0.5, 0.6) is 0 Å². The van der Waals surface area contributed by atoms with Crippen molar-refractivity contribution < 1.29 is 9.26 Å². The predicted octanol–water partition coefficient (Wildman–Crippen LogP) is 2.19. The van der Waals surface area contributed by atoms with Crippen molar-refractivity contribution in [2.75, 3.05) is 39.4 Å². The van der Waals surface area contributed by atoms with Crippen LogP contribution in [0.25, 0.3) is 0 Å². The van der Waals surface area contributed by atoms with Crippen LogP contribution in [0.3, 0.4) is 0 Å². The summed E-state index contributed by atoms with van der Waals surface area (Å²) in [5, 5.41) is 10.8. The largest absolute Gasteiger partial charge is 0.379 e. The van der Waals surface area contributed by atoms with E-state index in [0.717, 1.165) is 56.8 Å². The maximum Gasteiger partial charge on any atom is 0.191 e. The number of morpholine rings is 1. The van der Waals surface area contributed by atoms with E-state index in [-0.39, 0.29) is 24.0 Å². The van der Waals surface area contributed by atoms with Crippen molar-refractivity contribution in [2.45, 2.75) is 46.2 Å². The molecule has 7 nitrogen and oxygen atoms in total. The van der Waals surface area contributed by atoms with Gasteiger partial charge >= 0.3 is 0 Å². The van der Waals surface area contributed by atoms with Gasteiger partial charge in [0.2, 0.25) is 0 Å². The molecule has 0 aliphatic carbocycles. The molecule has 0 saturated carbocycles. The molecule has 1 aliphatic rings. The second-order valence-electron chi connectivity index (χ2n) is 6.45. The fourth-order valence-corrected chi connectivity index (χ4v) is 2.57. The van der Waals surface area contributed by atoms with Gasteiger partial charge in [0.1, 0.15) is 6.54 Å². The molecule has 144 valence electrons. The molecule has 1 aromatic heterocycles. The first-order valence-electron chi connectivity index (χ1n) is 8.89. The minimum absolute atomic E-state index is 0. The van der Waals surface area contributed by atoms with Crippen LogP contribution >= 0.6 is 24.0 Å². The van der Waals surface area contributed by atoms with Crippen LogP contribution in [0, 0.1) is 0 Å². The van der Waals surface area contributed by atoms with Gasteiger partial charge in [-0.05, 0) is 19.8 Å². The molecular formula is C17H32IN5O2. The number of guanidine groups is 1. The van der Waals surface area contributed by atoms with Gasteiger partial charge in [-0.25, -0.2) is 4.99 Å². The van der Waals surface area contributed by atoms with Crippen LogP contribution in [-0.4, -0.2) is 61.5 Å². The molecule has 1 atom stereocenters. The van der Waals surface area contributed by atoms with Crippen LogP contribution in [0.2, 0.25) is 0 Å². The topological polar surface area (TPSA) is 74.9 Å². The number of aromatic nitrogens is 1. The highest BCUT2D eigenvalue weighted by Crippen LogP contribution is 2.14. The molecule has 1 fully saturated rings. The highest BCUT2D eigenvalue weighted by atomic mass is 127. The van der Waals surface area contributed by atoms with Crippen molar-refractivity contribution in [3.05, 3.63) is 17.5 Å². The first kappa shape index (κ1) is 22.2. The Bertz CT molecular complexity index is 515. The third-order valence-electron chi connectivity index (χ3n) is 4.14. The van der Waals surface area contributed by atoms with Crippen LogP contribution in [-0.2, 0) is 11.3 Å². The van der Waals surface area contributed by atoms with Gasteiger partial charge in [0.05, 0.1) is 18.9 Å². The Hall–Kier alpha value is -0.870. The second-order valence-corrected chi connectivity index (χ2v) is 6.45. The van der Waals surface area contributed by atoms with Gasteiger partial charge in [-0.1, -0.05) is 19.0 Å².